The zero-order valence-electron chi connectivity index (χ0n) is 24.9. The summed E-state index contributed by atoms with van der Waals surface area (Å²) in [5.74, 6) is -3.72. The molecule has 0 radical (unpaired) electrons. The van der Waals surface area contributed by atoms with Gasteiger partial charge in [0.15, 0.2) is 0 Å². The van der Waals surface area contributed by atoms with Crippen LogP contribution in [0.4, 0.5) is 13.2 Å². The Labute approximate surface area is 270 Å². The quantitative estimate of drug-likeness (QED) is 0.175. The number of hydrogen-bond acceptors (Lipinski definition) is 5. The van der Waals surface area contributed by atoms with Gasteiger partial charge in [0, 0.05) is 16.6 Å². The first kappa shape index (κ1) is 32.6. The average molecular weight is 646 g/mol. The van der Waals surface area contributed by atoms with E-state index in [2.05, 4.69) is 5.32 Å². The van der Waals surface area contributed by atoms with Crippen LogP contribution in [0.1, 0.15) is 47.4 Å². The third-order valence-electron chi connectivity index (χ3n) is 7.72. The Bertz CT molecular complexity index is 1700. The van der Waals surface area contributed by atoms with Crippen LogP contribution in [0.5, 0.6) is 0 Å². The van der Waals surface area contributed by atoms with Crippen molar-refractivity contribution in [2.75, 3.05) is 6.61 Å². The summed E-state index contributed by atoms with van der Waals surface area (Å²) in [6.45, 7) is 1.05. The molecular weight excluding hydrogens is 615 g/mol. The van der Waals surface area contributed by atoms with E-state index in [1.165, 1.54) is 19.1 Å². The van der Waals surface area contributed by atoms with Crippen molar-refractivity contribution in [1.82, 2.24) is 5.32 Å². The van der Waals surface area contributed by atoms with Crippen molar-refractivity contribution in [3.8, 4) is 0 Å². The van der Waals surface area contributed by atoms with E-state index >= 15 is 0 Å². The van der Waals surface area contributed by atoms with Crippen molar-refractivity contribution in [3.05, 3.63) is 165 Å². The third-order valence-corrected chi connectivity index (χ3v) is 7.96. The van der Waals surface area contributed by atoms with Crippen molar-refractivity contribution in [3.63, 3.8) is 0 Å². The fourth-order valence-corrected chi connectivity index (χ4v) is 5.80. The summed E-state index contributed by atoms with van der Waals surface area (Å²) in [5.41, 5.74) is 0.543. The zero-order valence-corrected chi connectivity index (χ0v) is 25.6. The number of halogens is 4. The predicted octanol–water partition coefficient (Wildman–Crippen LogP) is 8.63. The highest BCUT2D eigenvalue weighted by molar-refractivity contribution is 6.30. The first-order valence-electron chi connectivity index (χ1n) is 14.7. The molecule has 0 saturated carbocycles. The maximum atomic E-state index is 14.6. The number of esters is 2. The molecule has 0 aromatic heterocycles. The Hall–Kier alpha value is -4.82. The van der Waals surface area contributed by atoms with Gasteiger partial charge in [-0.2, -0.15) is 13.2 Å². The molecule has 236 valence electrons. The number of dihydropyridines is 1. The Morgan fingerprint density at radius 2 is 1.35 bits per heavy atom. The molecule has 0 amide bonds. The fourth-order valence-electron chi connectivity index (χ4n) is 5.61. The highest BCUT2D eigenvalue weighted by Gasteiger charge is 2.47. The number of benzene rings is 4. The number of rotatable bonds is 10. The van der Waals surface area contributed by atoms with Gasteiger partial charge in [-0.25, -0.2) is 9.59 Å². The molecule has 1 N–H and O–H groups in total. The van der Waals surface area contributed by atoms with Crippen molar-refractivity contribution in [2.24, 2.45) is 0 Å². The second-order valence-electron chi connectivity index (χ2n) is 10.8. The molecule has 1 aliphatic heterocycles. The second kappa shape index (κ2) is 14.5. The molecular formula is C37H31ClF3NO4. The van der Waals surface area contributed by atoms with Crippen LogP contribution in [0.15, 0.2) is 138 Å². The minimum Gasteiger partial charge on any atom is -0.462 e. The van der Waals surface area contributed by atoms with Crippen LogP contribution in [0, 0.1) is 0 Å². The number of carbonyl (C=O) groups excluding carboxylic acids is 2. The van der Waals surface area contributed by atoms with Crippen LogP contribution >= 0.6 is 11.6 Å². The number of hydrogen-bond donors (Lipinski definition) is 1. The lowest BCUT2D eigenvalue weighted by molar-refractivity contribution is -0.142. The lowest BCUT2D eigenvalue weighted by atomic mass is 9.80. The molecule has 0 spiro atoms. The van der Waals surface area contributed by atoms with E-state index in [4.69, 9.17) is 21.1 Å². The van der Waals surface area contributed by atoms with Crippen LogP contribution in [0.25, 0.3) is 0 Å². The third kappa shape index (κ3) is 7.69. The topological polar surface area (TPSA) is 64.6 Å². The van der Waals surface area contributed by atoms with Gasteiger partial charge in [0.2, 0.25) is 0 Å². The molecule has 5 nitrogen and oxygen atoms in total. The summed E-state index contributed by atoms with van der Waals surface area (Å²) in [5, 5.41) is 2.50. The van der Waals surface area contributed by atoms with Gasteiger partial charge in [-0.3, -0.25) is 0 Å². The summed E-state index contributed by atoms with van der Waals surface area (Å²) in [6, 6.07) is 34.1. The van der Waals surface area contributed by atoms with Gasteiger partial charge in [-0.1, -0.05) is 115 Å². The summed E-state index contributed by atoms with van der Waals surface area (Å²) in [4.78, 5) is 27.4. The van der Waals surface area contributed by atoms with E-state index < -0.39 is 35.3 Å². The molecule has 46 heavy (non-hydrogen) atoms. The van der Waals surface area contributed by atoms with Gasteiger partial charge >= 0.3 is 18.1 Å². The van der Waals surface area contributed by atoms with E-state index in [0.29, 0.717) is 12.0 Å². The predicted molar refractivity (Wildman–Crippen MR) is 170 cm³/mol. The maximum absolute atomic E-state index is 14.6. The largest absolute Gasteiger partial charge is 0.462 e. The lowest BCUT2D eigenvalue weighted by Gasteiger charge is -2.32. The Kier molecular flexibility index (Phi) is 10.3. The van der Waals surface area contributed by atoms with Gasteiger partial charge in [-0.05, 0) is 47.7 Å². The van der Waals surface area contributed by atoms with Crippen LogP contribution in [0.3, 0.4) is 0 Å². The smallest absolute Gasteiger partial charge is 0.431 e. The standard InChI is InChI=1S/C37H31ClF3NO4/c1-24-31(35(43)46-23-25-12-5-2-6-13-25)32(28-18-11-19-29(38)22-28)33(34(42-24)37(39,40)41)36(44)45-21-20-30(26-14-7-3-8-15-26)27-16-9-4-10-17-27/h2-19,22,30,32,42H,20-21,23H2,1H3. The molecule has 1 unspecified atom stereocenters. The first-order chi connectivity index (χ1) is 22.1. The summed E-state index contributed by atoms with van der Waals surface area (Å²) in [6.07, 6.45) is -4.66. The van der Waals surface area contributed by atoms with Crippen molar-refractivity contribution < 1.29 is 32.2 Å². The number of allylic oxidation sites excluding steroid dienone is 2. The number of carbonyl (C=O) groups is 2. The van der Waals surface area contributed by atoms with Gasteiger partial charge in [-0.15, -0.1) is 0 Å². The zero-order chi connectivity index (χ0) is 32.7. The molecule has 4 aromatic rings. The minimum atomic E-state index is -4.97. The van der Waals surface area contributed by atoms with E-state index in [-0.39, 0.29) is 41.0 Å². The molecule has 0 bridgehead atoms. The lowest BCUT2D eigenvalue weighted by Crippen LogP contribution is -2.38. The number of ether oxygens (including phenoxy) is 2. The molecule has 1 atom stereocenters. The van der Waals surface area contributed by atoms with E-state index in [0.717, 1.165) is 11.1 Å². The molecule has 1 heterocycles. The molecule has 4 aromatic carbocycles. The van der Waals surface area contributed by atoms with Gasteiger partial charge in [0.1, 0.15) is 12.3 Å². The monoisotopic (exact) mass is 645 g/mol. The van der Waals surface area contributed by atoms with Crippen LogP contribution in [-0.4, -0.2) is 24.7 Å². The highest BCUT2D eigenvalue weighted by atomic mass is 35.5. The summed E-state index contributed by atoms with van der Waals surface area (Å²) >= 11 is 6.26. The van der Waals surface area contributed by atoms with Gasteiger partial charge < -0.3 is 14.8 Å². The Balaban J connectivity index is 1.48. The SMILES string of the molecule is CC1=C(C(=O)OCc2ccccc2)C(c2cccc(Cl)c2)C(C(=O)OCCC(c2ccccc2)c2ccccc2)=C(C(F)(F)F)N1. The molecule has 0 aliphatic carbocycles. The Morgan fingerprint density at radius 3 is 1.91 bits per heavy atom. The fraction of sp³-hybridized carbons (Fsp3) is 0.189. The van der Waals surface area contributed by atoms with E-state index in [1.807, 2.05) is 66.7 Å². The highest BCUT2D eigenvalue weighted by Crippen LogP contribution is 2.44. The number of alkyl halides is 3. The normalized spacial score (nSPS) is 15.0. The van der Waals surface area contributed by atoms with Crippen molar-refractivity contribution in [1.29, 1.82) is 0 Å². The van der Waals surface area contributed by atoms with Crippen LogP contribution < -0.4 is 5.32 Å². The van der Waals surface area contributed by atoms with Gasteiger partial charge in [0.05, 0.1) is 23.7 Å². The van der Waals surface area contributed by atoms with Crippen LogP contribution in [0.2, 0.25) is 5.02 Å². The maximum Gasteiger partial charge on any atom is 0.431 e. The Morgan fingerprint density at radius 1 is 0.783 bits per heavy atom. The first-order valence-corrected chi connectivity index (χ1v) is 15.0. The summed E-state index contributed by atoms with van der Waals surface area (Å²) < 4.78 is 54.9. The minimum absolute atomic E-state index is 0.0971. The van der Waals surface area contributed by atoms with Crippen LogP contribution in [-0.2, 0) is 25.7 Å². The summed E-state index contributed by atoms with van der Waals surface area (Å²) in [7, 11) is 0. The van der Waals surface area contributed by atoms with Crippen molar-refractivity contribution >= 4 is 23.5 Å². The molecule has 0 saturated heterocycles. The average Bonchev–Trinajstić information content (AvgIpc) is 3.06. The molecule has 5 rings (SSSR count). The van der Waals surface area contributed by atoms with Gasteiger partial charge in [0.25, 0.3) is 0 Å². The molecule has 0 fully saturated rings. The number of nitrogens with one attached hydrogen (secondary N) is 1. The van der Waals surface area contributed by atoms with E-state index in [1.54, 1.807) is 36.4 Å². The second-order valence-corrected chi connectivity index (χ2v) is 11.2. The van der Waals surface area contributed by atoms with Crippen molar-refractivity contribution in [2.45, 2.75) is 38.0 Å². The molecule has 1 aliphatic rings. The van der Waals surface area contributed by atoms with E-state index in [9.17, 15) is 22.8 Å². The molecule has 9 heteroatoms.